The number of thiophene rings is 1. The van der Waals surface area contributed by atoms with Crippen LogP contribution in [0.1, 0.15) is 15.2 Å². The van der Waals surface area contributed by atoms with Crippen molar-refractivity contribution in [3.8, 4) is 21.7 Å². The topological polar surface area (TPSA) is 80.9 Å². The average molecular weight is 386 g/mol. The first kappa shape index (κ1) is 17.9. The van der Waals surface area contributed by atoms with Crippen molar-refractivity contribution in [3.63, 3.8) is 0 Å². The van der Waals surface area contributed by atoms with Gasteiger partial charge in [-0.3, -0.25) is 4.79 Å². The van der Waals surface area contributed by atoms with E-state index in [-0.39, 0.29) is 11.9 Å². The van der Waals surface area contributed by atoms with Gasteiger partial charge in [-0.25, -0.2) is 9.97 Å². The van der Waals surface area contributed by atoms with Crippen molar-refractivity contribution in [2.45, 2.75) is 6.54 Å². The third kappa shape index (κ3) is 4.07. The second-order valence-corrected chi connectivity index (χ2v) is 7.30. The Hall–Kier alpha value is -3.51. The molecule has 2 aromatic heterocycles. The predicted octanol–water partition coefficient (Wildman–Crippen LogP) is 4.38. The summed E-state index contributed by atoms with van der Waals surface area (Å²) in [7, 11) is 0. The summed E-state index contributed by atoms with van der Waals surface area (Å²) in [6.07, 6.45) is 1.61. The van der Waals surface area contributed by atoms with E-state index >= 15 is 0 Å². The summed E-state index contributed by atoms with van der Waals surface area (Å²) in [5.74, 6) is 0.110. The van der Waals surface area contributed by atoms with E-state index in [4.69, 9.17) is 5.73 Å². The highest BCUT2D eigenvalue weighted by atomic mass is 32.1. The lowest BCUT2D eigenvalue weighted by atomic mass is 10.0. The van der Waals surface area contributed by atoms with Crippen LogP contribution in [0.15, 0.2) is 79.0 Å². The van der Waals surface area contributed by atoms with Crippen LogP contribution in [0, 0.1) is 0 Å². The summed E-state index contributed by atoms with van der Waals surface area (Å²) in [5.41, 5.74) is 9.68. The maximum Gasteiger partial charge on any atom is 0.261 e. The molecule has 0 fully saturated rings. The van der Waals surface area contributed by atoms with Crippen molar-refractivity contribution in [3.05, 3.63) is 89.4 Å². The fourth-order valence-electron chi connectivity index (χ4n) is 2.87. The number of benzene rings is 2. The molecule has 2 heterocycles. The van der Waals surface area contributed by atoms with E-state index in [1.165, 1.54) is 11.3 Å². The molecule has 0 aliphatic carbocycles. The monoisotopic (exact) mass is 386 g/mol. The summed E-state index contributed by atoms with van der Waals surface area (Å²) < 4.78 is 0. The Morgan fingerprint density at radius 1 is 0.964 bits per heavy atom. The van der Waals surface area contributed by atoms with Crippen LogP contribution in [0.2, 0.25) is 0 Å². The van der Waals surface area contributed by atoms with Crippen LogP contribution in [0.4, 0.5) is 5.95 Å². The highest BCUT2D eigenvalue weighted by Gasteiger charge is 2.11. The number of nitrogens with zero attached hydrogens (tertiary/aromatic N) is 2. The van der Waals surface area contributed by atoms with Crippen LogP contribution in [0.5, 0.6) is 0 Å². The van der Waals surface area contributed by atoms with E-state index in [9.17, 15) is 4.79 Å². The first-order valence-electron chi connectivity index (χ1n) is 8.80. The van der Waals surface area contributed by atoms with Gasteiger partial charge in [-0.15, -0.1) is 11.3 Å². The predicted molar refractivity (Wildman–Crippen MR) is 113 cm³/mol. The Labute approximate surface area is 166 Å². The minimum atomic E-state index is -0.108. The molecule has 6 heteroatoms. The third-order valence-electron chi connectivity index (χ3n) is 4.24. The van der Waals surface area contributed by atoms with E-state index < -0.39 is 0 Å². The van der Waals surface area contributed by atoms with Gasteiger partial charge in [-0.05, 0) is 41.0 Å². The minimum Gasteiger partial charge on any atom is -0.368 e. The smallest absolute Gasteiger partial charge is 0.261 e. The van der Waals surface area contributed by atoms with Gasteiger partial charge in [-0.1, -0.05) is 48.5 Å². The normalized spacial score (nSPS) is 10.6. The molecule has 0 aliphatic rings. The number of nitrogens with two attached hydrogens (primary N) is 1. The van der Waals surface area contributed by atoms with Crippen molar-refractivity contribution in [2.75, 3.05) is 5.73 Å². The zero-order chi connectivity index (χ0) is 19.3. The highest BCUT2D eigenvalue weighted by Crippen LogP contribution is 2.27. The quantitative estimate of drug-likeness (QED) is 0.533. The molecule has 4 aromatic rings. The number of anilines is 1. The standard InChI is InChI=1S/C22H18N4OS/c23-22-24-12-11-18(26-22)19-9-10-20(28-19)21(27)25-14-15-5-4-8-17(13-15)16-6-2-1-3-7-16/h1-13H,14H2,(H,25,27)(H2,23,24,26). The van der Waals surface area contributed by atoms with Crippen LogP contribution in [-0.2, 0) is 6.54 Å². The molecule has 0 spiro atoms. The van der Waals surface area contributed by atoms with E-state index in [0.717, 1.165) is 21.6 Å². The van der Waals surface area contributed by atoms with Crippen molar-refractivity contribution >= 4 is 23.2 Å². The van der Waals surface area contributed by atoms with Gasteiger partial charge in [0.1, 0.15) is 0 Å². The van der Waals surface area contributed by atoms with Gasteiger partial charge in [0, 0.05) is 12.7 Å². The number of hydrogen-bond donors (Lipinski definition) is 2. The number of nitrogen functional groups attached to an aromatic ring is 1. The molecule has 138 valence electrons. The molecule has 1 amide bonds. The molecule has 0 unspecified atom stereocenters. The average Bonchev–Trinajstić information content (AvgIpc) is 3.23. The Kier molecular flexibility index (Phi) is 5.12. The second kappa shape index (κ2) is 8.02. The van der Waals surface area contributed by atoms with Crippen LogP contribution in [0.3, 0.4) is 0 Å². The van der Waals surface area contributed by atoms with Gasteiger partial charge in [-0.2, -0.15) is 0 Å². The van der Waals surface area contributed by atoms with E-state index in [2.05, 4.69) is 39.6 Å². The summed E-state index contributed by atoms with van der Waals surface area (Å²) in [5, 5.41) is 2.98. The number of rotatable bonds is 5. The zero-order valence-electron chi connectivity index (χ0n) is 15.0. The van der Waals surface area contributed by atoms with E-state index in [0.29, 0.717) is 17.1 Å². The molecular formula is C22H18N4OS. The summed E-state index contributed by atoms with van der Waals surface area (Å²) >= 11 is 1.38. The van der Waals surface area contributed by atoms with Crippen molar-refractivity contribution in [1.29, 1.82) is 0 Å². The fourth-order valence-corrected chi connectivity index (χ4v) is 3.76. The molecule has 4 rings (SSSR count). The lowest BCUT2D eigenvalue weighted by molar-refractivity contribution is 0.0955. The molecule has 28 heavy (non-hydrogen) atoms. The molecule has 0 atom stereocenters. The summed E-state index contributed by atoms with van der Waals surface area (Å²) in [4.78, 5) is 22.1. The number of aromatic nitrogens is 2. The van der Waals surface area contributed by atoms with E-state index in [1.54, 1.807) is 18.3 Å². The van der Waals surface area contributed by atoms with Gasteiger partial charge in [0.05, 0.1) is 15.4 Å². The minimum absolute atomic E-state index is 0.108. The van der Waals surface area contributed by atoms with Gasteiger partial charge < -0.3 is 11.1 Å². The number of hydrogen-bond acceptors (Lipinski definition) is 5. The van der Waals surface area contributed by atoms with Crippen LogP contribution < -0.4 is 11.1 Å². The second-order valence-electron chi connectivity index (χ2n) is 6.21. The molecule has 0 saturated heterocycles. The maximum absolute atomic E-state index is 12.5. The van der Waals surface area contributed by atoms with Crippen LogP contribution in [-0.4, -0.2) is 15.9 Å². The molecule has 3 N–H and O–H groups in total. The maximum atomic E-state index is 12.5. The van der Waals surface area contributed by atoms with Gasteiger partial charge in [0.25, 0.3) is 5.91 Å². The van der Waals surface area contributed by atoms with Gasteiger partial charge >= 0.3 is 0 Å². The molecule has 0 bridgehead atoms. The lowest BCUT2D eigenvalue weighted by Crippen LogP contribution is -2.21. The zero-order valence-corrected chi connectivity index (χ0v) is 15.8. The molecule has 2 aromatic carbocycles. The number of carbonyl (C=O) groups is 1. The lowest BCUT2D eigenvalue weighted by Gasteiger charge is -2.07. The SMILES string of the molecule is Nc1nccc(-c2ccc(C(=O)NCc3cccc(-c4ccccc4)c3)s2)n1. The first-order valence-corrected chi connectivity index (χ1v) is 9.62. The Balaban J connectivity index is 1.44. The summed E-state index contributed by atoms with van der Waals surface area (Å²) in [6.45, 7) is 0.465. The molecule has 0 saturated carbocycles. The number of nitrogens with one attached hydrogen (secondary N) is 1. The Morgan fingerprint density at radius 3 is 2.61 bits per heavy atom. The number of carbonyl (C=O) groups excluding carboxylic acids is 1. The first-order chi connectivity index (χ1) is 13.7. The van der Waals surface area contributed by atoms with Crippen molar-refractivity contribution in [1.82, 2.24) is 15.3 Å². The Bertz CT molecular complexity index is 1110. The van der Waals surface area contributed by atoms with Gasteiger partial charge in [0.2, 0.25) is 5.95 Å². The fraction of sp³-hybridized carbons (Fsp3) is 0.0455. The van der Waals surface area contributed by atoms with Crippen molar-refractivity contribution in [2.24, 2.45) is 0 Å². The van der Waals surface area contributed by atoms with Gasteiger partial charge in [0.15, 0.2) is 0 Å². The largest absolute Gasteiger partial charge is 0.368 e. The van der Waals surface area contributed by atoms with E-state index in [1.807, 2.05) is 36.4 Å². The molecule has 0 aliphatic heterocycles. The molecular weight excluding hydrogens is 368 g/mol. The van der Waals surface area contributed by atoms with Crippen LogP contribution in [0.25, 0.3) is 21.7 Å². The van der Waals surface area contributed by atoms with Crippen LogP contribution >= 0.6 is 11.3 Å². The molecule has 0 radical (unpaired) electrons. The molecule has 5 nitrogen and oxygen atoms in total. The summed E-state index contributed by atoms with van der Waals surface area (Å²) in [6, 6.07) is 23.8. The third-order valence-corrected chi connectivity index (χ3v) is 5.35. The van der Waals surface area contributed by atoms with Crippen molar-refractivity contribution < 1.29 is 4.79 Å². The highest BCUT2D eigenvalue weighted by molar-refractivity contribution is 7.17. The Morgan fingerprint density at radius 2 is 1.79 bits per heavy atom. The number of amides is 1.